The molecule has 3 aromatic rings. The maximum atomic E-state index is 15.1. The minimum Gasteiger partial charge on any atom is -0.391 e. The molecule has 186 valence electrons. The fraction of sp³-hybridized carbons (Fsp3) is 0.348. The Morgan fingerprint density at radius 2 is 1.97 bits per heavy atom. The van der Waals surface area contributed by atoms with Crippen molar-refractivity contribution in [2.24, 2.45) is 0 Å². The molecule has 0 unspecified atom stereocenters. The van der Waals surface area contributed by atoms with Gasteiger partial charge in [0.05, 0.1) is 12.4 Å². The van der Waals surface area contributed by atoms with Crippen LogP contribution in [0.25, 0.3) is 0 Å². The number of hydrogen-bond acceptors (Lipinski definition) is 7. The van der Waals surface area contributed by atoms with Crippen LogP contribution in [-0.2, 0) is 10.0 Å². The van der Waals surface area contributed by atoms with Crippen molar-refractivity contribution in [3.05, 3.63) is 73.8 Å². The largest absolute Gasteiger partial charge is 0.434 e. The molecule has 2 heterocycles. The lowest BCUT2D eigenvalue weighted by molar-refractivity contribution is 0.101. The second kappa shape index (κ2) is 8.89. The zero-order valence-electron chi connectivity index (χ0n) is 19.7. The van der Waals surface area contributed by atoms with E-state index in [0.717, 1.165) is 9.87 Å². The van der Waals surface area contributed by atoms with Gasteiger partial charge in [-0.1, -0.05) is 24.6 Å². The molecule has 1 N–H and O–H groups in total. The van der Waals surface area contributed by atoms with Gasteiger partial charge in [0.2, 0.25) is 15.9 Å². The summed E-state index contributed by atoms with van der Waals surface area (Å²) in [5.74, 6) is -2.93. The second-order valence-electron chi connectivity index (χ2n) is 8.68. The quantitative estimate of drug-likeness (QED) is 0.505. The average molecular weight is 523 g/mol. The molecule has 0 radical (unpaired) electrons. The zero-order chi connectivity index (χ0) is 25.8. The lowest BCUT2D eigenvalue weighted by Gasteiger charge is -2.41. The first-order valence-electron chi connectivity index (χ1n) is 10.7. The number of aryl methyl sites for hydroxylation is 1. The third-order valence-corrected chi connectivity index (χ3v) is 8.55. The summed E-state index contributed by atoms with van der Waals surface area (Å²) in [4.78, 5) is 25.6. The summed E-state index contributed by atoms with van der Waals surface area (Å²) < 4.78 is 49.4. The SMILES string of the molecule is CC(=O)c1cc(Cl)cc2c1S(=O)(=O)N([C@H](c1n[nH]c(=O)o1)[C@H](C)c1c(F)ccc(C)c1C)CN2C. The van der Waals surface area contributed by atoms with Crippen LogP contribution in [-0.4, -0.2) is 42.4 Å². The Bertz CT molecular complexity index is 1500. The fourth-order valence-corrected chi connectivity index (χ4v) is 6.89. The summed E-state index contributed by atoms with van der Waals surface area (Å²) in [5.41, 5.74) is 1.91. The molecule has 1 aromatic heterocycles. The van der Waals surface area contributed by atoms with Crippen LogP contribution >= 0.6 is 11.6 Å². The number of ketones is 1. The Morgan fingerprint density at radius 3 is 2.57 bits per heavy atom. The Hall–Kier alpha value is -3.02. The van der Waals surface area contributed by atoms with Gasteiger partial charge in [-0.3, -0.25) is 4.79 Å². The summed E-state index contributed by atoms with van der Waals surface area (Å²) in [7, 11) is -2.72. The number of nitrogens with one attached hydrogen (secondary N) is 1. The van der Waals surface area contributed by atoms with E-state index in [0.29, 0.717) is 5.56 Å². The third kappa shape index (κ3) is 4.17. The number of aromatic amines is 1. The van der Waals surface area contributed by atoms with Gasteiger partial charge in [-0.25, -0.2) is 22.7 Å². The van der Waals surface area contributed by atoms with Crippen LogP contribution in [0.2, 0.25) is 5.02 Å². The molecule has 2 atom stereocenters. The monoisotopic (exact) mass is 522 g/mol. The number of sulfonamides is 1. The molecule has 0 bridgehead atoms. The molecule has 35 heavy (non-hydrogen) atoms. The highest BCUT2D eigenvalue weighted by molar-refractivity contribution is 7.89. The maximum absolute atomic E-state index is 15.1. The number of hydrogen-bond donors (Lipinski definition) is 1. The van der Waals surface area contributed by atoms with Crippen molar-refractivity contribution in [3.8, 4) is 0 Å². The van der Waals surface area contributed by atoms with E-state index < -0.39 is 39.3 Å². The molecule has 2 aromatic carbocycles. The van der Waals surface area contributed by atoms with Crippen molar-refractivity contribution in [3.63, 3.8) is 0 Å². The number of benzene rings is 2. The summed E-state index contributed by atoms with van der Waals surface area (Å²) in [5, 5.41) is 6.27. The summed E-state index contributed by atoms with van der Waals surface area (Å²) in [6.07, 6.45) is 0. The highest BCUT2D eigenvalue weighted by Gasteiger charge is 2.46. The van der Waals surface area contributed by atoms with Gasteiger partial charge >= 0.3 is 5.76 Å². The standard InChI is InChI=1S/C23H24ClFN4O5S/c1-11-6-7-17(25)19(12(11)2)13(3)20(22-26-27-23(31)34-22)29-10-28(5)18-9-15(24)8-16(14(4)30)21(18)35(29,32)33/h6-9,13,20H,10H2,1-5H3,(H,27,31)/t13-,20+/m1/s1. The van der Waals surface area contributed by atoms with Crippen molar-refractivity contribution in [2.45, 2.75) is 44.6 Å². The van der Waals surface area contributed by atoms with E-state index in [2.05, 4.69) is 10.2 Å². The van der Waals surface area contributed by atoms with Crippen LogP contribution < -0.4 is 10.7 Å². The molecule has 0 fully saturated rings. The number of halogens is 2. The lowest BCUT2D eigenvalue weighted by Crippen LogP contribution is -2.48. The van der Waals surface area contributed by atoms with Gasteiger partial charge in [0, 0.05) is 23.6 Å². The number of carbonyl (C=O) groups is 1. The first-order chi connectivity index (χ1) is 16.3. The molecule has 0 amide bonds. The normalized spacial score (nSPS) is 17.2. The first kappa shape index (κ1) is 25.1. The summed E-state index contributed by atoms with van der Waals surface area (Å²) in [6.45, 7) is 6.26. The Labute approximate surface area is 206 Å². The molecule has 0 spiro atoms. The Morgan fingerprint density at radius 1 is 1.29 bits per heavy atom. The predicted molar refractivity (Wildman–Crippen MR) is 128 cm³/mol. The van der Waals surface area contributed by atoms with E-state index in [1.165, 1.54) is 25.1 Å². The molecule has 1 aliphatic rings. The number of nitrogens with zero attached hydrogens (tertiary/aromatic N) is 3. The van der Waals surface area contributed by atoms with Crippen LogP contribution in [0.15, 0.2) is 38.4 Å². The number of Topliss-reactive ketones (excluding diaryl/α,β-unsaturated/α-hetero) is 1. The second-order valence-corrected chi connectivity index (χ2v) is 10.9. The highest BCUT2D eigenvalue weighted by atomic mass is 35.5. The van der Waals surface area contributed by atoms with E-state index in [-0.39, 0.29) is 39.3 Å². The Kier molecular flexibility index (Phi) is 6.37. The Balaban J connectivity index is 1.98. The molecule has 0 saturated heterocycles. The van der Waals surface area contributed by atoms with Gasteiger partial charge in [0.25, 0.3) is 0 Å². The minimum atomic E-state index is -4.36. The number of rotatable bonds is 5. The number of aromatic nitrogens is 2. The first-order valence-corrected chi connectivity index (χ1v) is 12.5. The average Bonchev–Trinajstić information content (AvgIpc) is 3.20. The van der Waals surface area contributed by atoms with Gasteiger partial charge in [0.15, 0.2) is 5.78 Å². The summed E-state index contributed by atoms with van der Waals surface area (Å²) >= 11 is 6.17. The maximum Gasteiger partial charge on any atom is 0.434 e. The van der Waals surface area contributed by atoms with Gasteiger partial charge in [-0.15, -0.1) is 5.10 Å². The van der Waals surface area contributed by atoms with Crippen molar-refractivity contribution < 1.29 is 22.0 Å². The van der Waals surface area contributed by atoms with Crippen molar-refractivity contribution >= 4 is 33.1 Å². The van der Waals surface area contributed by atoms with Crippen molar-refractivity contribution in [1.82, 2.24) is 14.5 Å². The molecule has 0 saturated carbocycles. The van der Waals surface area contributed by atoms with E-state index in [4.69, 9.17) is 16.0 Å². The molecule has 9 nitrogen and oxygen atoms in total. The molecule has 4 rings (SSSR count). The molecule has 0 aliphatic carbocycles. The van der Waals surface area contributed by atoms with Crippen LogP contribution in [0, 0.1) is 19.7 Å². The van der Waals surface area contributed by atoms with Crippen LogP contribution in [0.4, 0.5) is 10.1 Å². The smallest absolute Gasteiger partial charge is 0.391 e. The van der Waals surface area contributed by atoms with Gasteiger partial charge in [-0.05, 0) is 55.7 Å². The lowest BCUT2D eigenvalue weighted by atomic mass is 9.87. The predicted octanol–water partition coefficient (Wildman–Crippen LogP) is 3.92. The molecular weight excluding hydrogens is 499 g/mol. The third-order valence-electron chi connectivity index (χ3n) is 6.42. The topological polar surface area (TPSA) is 117 Å². The van der Waals surface area contributed by atoms with Crippen molar-refractivity contribution in [1.29, 1.82) is 0 Å². The van der Waals surface area contributed by atoms with E-state index in [9.17, 15) is 18.0 Å². The number of anilines is 1. The number of H-pyrrole nitrogens is 1. The number of carbonyl (C=O) groups excluding carboxylic acids is 1. The van der Waals surface area contributed by atoms with Gasteiger partial charge < -0.3 is 9.32 Å². The van der Waals surface area contributed by atoms with Gasteiger partial charge in [0.1, 0.15) is 16.8 Å². The van der Waals surface area contributed by atoms with Crippen LogP contribution in [0.5, 0.6) is 0 Å². The zero-order valence-corrected chi connectivity index (χ0v) is 21.3. The molecule has 1 aliphatic heterocycles. The van der Waals surface area contributed by atoms with E-state index in [1.807, 2.05) is 6.92 Å². The minimum absolute atomic E-state index is 0.0724. The highest BCUT2D eigenvalue weighted by Crippen LogP contribution is 2.45. The molecular formula is C23H24ClFN4O5S. The van der Waals surface area contributed by atoms with Crippen molar-refractivity contribution in [2.75, 3.05) is 18.6 Å². The number of fused-ring (bicyclic) bond motifs is 1. The van der Waals surface area contributed by atoms with Gasteiger partial charge in [-0.2, -0.15) is 4.31 Å². The summed E-state index contributed by atoms with van der Waals surface area (Å²) in [6, 6.07) is 4.51. The fourth-order valence-electron chi connectivity index (χ4n) is 4.59. The molecule has 12 heteroatoms. The van der Waals surface area contributed by atoms with E-state index >= 15 is 4.39 Å². The van der Waals surface area contributed by atoms with E-state index in [1.54, 1.807) is 31.9 Å². The van der Waals surface area contributed by atoms with Crippen LogP contribution in [0.3, 0.4) is 0 Å². The van der Waals surface area contributed by atoms with Crippen LogP contribution in [0.1, 0.15) is 58.7 Å².